The van der Waals surface area contributed by atoms with Crippen LogP contribution in [0.25, 0.3) is 59.8 Å². The second-order valence-electron chi connectivity index (χ2n) is 7.72. The van der Waals surface area contributed by atoms with Gasteiger partial charge in [-0.2, -0.15) is 0 Å². The summed E-state index contributed by atoms with van der Waals surface area (Å²) in [6, 6.07) is 21.8. The third kappa shape index (κ3) is 1.73. The molecule has 0 atom stereocenters. The van der Waals surface area contributed by atoms with Crippen molar-refractivity contribution in [1.82, 2.24) is 9.38 Å². The Kier molecular flexibility index (Phi) is 2.85. The zero-order valence-corrected chi connectivity index (χ0v) is 16.1. The smallest absolute Gasteiger partial charge is 0.151 e. The Morgan fingerprint density at radius 2 is 1.60 bits per heavy atom. The third-order valence-corrected chi connectivity index (χ3v) is 6.27. The first-order valence-electron chi connectivity index (χ1n) is 9.89. The molecule has 7 aromatic rings. The zero-order valence-electron chi connectivity index (χ0n) is 16.1. The average molecular weight is 390 g/mol. The van der Waals surface area contributed by atoms with Gasteiger partial charge in [0.05, 0.1) is 29.2 Å². The summed E-state index contributed by atoms with van der Waals surface area (Å²) in [5.41, 5.74) is 3.60. The highest BCUT2D eigenvalue weighted by molar-refractivity contribution is 6.29. The van der Waals surface area contributed by atoms with Crippen LogP contribution in [0.5, 0.6) is 5.75 Å². The molecule has 0 aliphatic heterocycles. The molecule has 0 saturated carbocycles. The van der Waals surface area contributed by atoms with Gasteiger partial charge in [0, 0.05) is 33.1 Å². The van der Waals surface area contributed by atoms with Crippen molar-refractivity contribution in [3.8, 4) is 5.75 Å². The molecule has 7 rings (SSSR count). The van der Waals surface area contributed by atoms with E-state index in [4.69, 9.17) is 9.72 Å². The summed E-state index contributed by atoms with van der Waals surface area (Å²) in [5.74, 6) is 0.562. The van der Waals surface area contributed by atoms with E-state index in [-0.39, 0.29) is 5.82 Å². The molecule has 0 N–H and O–H groups in total. The number of para-hydroxylation sites is 1. The number of halogens is 1. The molecule has 30 heavy (non-hydrogen) atoms. The summed E-state index contributed by atoms with van der Waals surface area (Å²) in [6.07, 6.45) is 1.76. The van der Waals surface area contributed by atoms with Gasteiger partial charge in [0.1, 0.15) is 5.82 Å². The third-order valence-electron chi connectivity index (χ3n) is 6.27. The van der Waals surface area contributed by atoms with Crippen molar-refractivity contribution >= 4 is 59.8 Å². The largest absolute Gasteiger partial charge is 0.494 e. The molecule has 0 amide bonds. The van der Waals surface area contributed by atoms with E-state index < -0.39 is 0 Å². The van der Waals surface area contributed by atoms with E-state index in [0.717, 1.165) is 60.1 Å². The number of benzene rings is 4. The molecule has 0 aliphatic rings. The van der Waals surface area contributed by atoms with Gasteiger partial charge < -0.3 is 9.14 Å². The minimum Gasteiger partial charge on any atom is -0.494 e. The summed E-state index contributed by atoms with van der Waals surface area (Å²) in [7, 11) is 1.69. The first kappa shape index (κ1) is 15.9. The predicted octanol–water partition coefficient (Wildman–Crippen LogP) is 6.69. The van der Waals surface area contributed by atoms with Crippen LogP contribution in [0.2, 0.25) is 0 Å². The number of hydrogen-bond donors (Lipinski definition) is 0. The average Bonchev–Trinajstić information content (AvgIpc) is 3.13. The van der Waals surface area contributed by atoms with Gasteiger partial charge >= 0.3 is 0 Å². The van der Waals surface area contributed by atoms with Crippen LogP contribution in [0.3, 0.4) is 0 Å². The van der Waals surface area contributed by atoms with Gasteiger partial charge in [0.15, 0.2) is 5.75 Å². The highest BCUT2D eigenvalue weighted by Gasteiger charge is 2.24. The molecular weight excluding hydrogens is 375 g/mol. The van der Waals surface area contributed by atoms with Crippen molar-refractivity contribution in [3.63, 3.8) is 0 Å². The molecule has 0 fully saturated rings. The lowest BCUT2D eigenvalue weighted by Gasteiger charge is -2.16. The first-order valence-corrected chi connectivity index (χ1v) is 9.89. The first-order chi connectivity index (χ1) is 14.8. The lowest BCUT2D eigenvalue weighted by atomic mass is 9.99. The number of methoxy groups -OCH3 is 1. The van der Waals surface area contributed by atoms with Crippen LogP contribution in [-0.2, 0) is 0 Å². The maximum Gasteiger partial charge on any atom is 0.151 e. The van der Waals surface area contributed by atoms with Crippen molar-refractivity contribution in [3.05, 3.63) is 78.7 Å². The molecule has 3 nitrogen and oxygen atoms in total. The fourth-order valence-electron chi connectivity index (χ4n) is 5.12. The minimum absolute atomic E-state index is 0.215. The second-order valence-corrected chi connectivity index (χ2v) is 7.72. The predicted molar refractivity (Wildman–Crippen MR) is 120 cm³/mol. The lowest BCUT2D eigenvalue weighted by Crippen LogP contribution is -1.98. The van der Waals surface area contributed by atoms with Crippen molar-refractivity contribution in [1.29, 1.82) is 0 Å². The maximum atomic E-state index is 15.4. The van der Waals surface area contributed by atoms with Crippen molar-refractivity contribution in [2.75, 3.05) is 7.11 Å². The summed E-state index contributed by atoms with van der Waals surface area (Å²) in [4.78, 5) is 4.75. The van der Waals surface area contributed by atoms with Gasteiger partial charge in [-0.15, -0.1) is 0 Å². The van der Waals surface area contributed by atoms with E-state index >= 15 is 4.39 Å². The molecule has 142 valence electrons. The molecule has 0 bridgehead atoms. The van der Waals surface area contributed by atoms with Gasteiger partial charge in [0.25, 0.3) is 0 Å². The van der Waals surface area contributed by atoms with Gasteiger partial charge in [-0.3, -0.25) is 4.98 Å². The molecule has 0 aliphatic carbocycles. The Morgan fingerprint density at radius 1 is 0.800 bits per heavy atom. The van der Waals surface area contributed by atoms with E-state index in [1.165, 1.54) is 0 Å². The fraction of sp³-hybridized carbons (Fsp3) is 0.0385. The molecule has 0 radical (unpaired) electrons. The number of rotatable bonds is 1. The number of aromatic nitrogens is 2. The summed E-state index contributed by atoms with van der Waals surface area (Å²) in [5, 5.41) is 6.47. The van der Waals surface area contributed by atoms with Crippen molar-refractivity contribution in [2.24, 2.45) is 0 Å². The molecule has 4 heteroatoms. The SMILES string of the molecule is COc1c2ccccc2cc2c3nccc4cc(F)c5c6ccccc6n(c12)c5c43. The van der Waals surface area contributed by atoms with Crippen LogP contribution in [0.15, 0.2) is 72.9 Å². The second kappa shape index (κ2) is 5.36. The lowest BCUT2D eigenvalue weighted by molar-refractivity contribution is 0.423. The summed E-state index contributed by atoms with van der Waals surface area (Å²) >= 11 is 0. The van der Waals surface area contributed by atoms with Crippen LogP contribution in [0.4, 0.5) is 4.39 Å². The molecule has 3 aromatic heterocycles. The van der Waals surface area contributed by atoms with E-state index in [0.29, 0.717) is 5.39 Å². The Hall–Kier alpha value is -3.92. The number of nitrogens with zero attached hydrogens (tertiary/aromatic N) is 2. The Balaban J connectivity index is 1.98. The van der Waals surface area contributed by atoms with Gasteiger partial charge in [-0.25, -0.2) is 4.39 Å². The van der Waals surface area contributed by atoms with Crippen LogP contribution in [0.1, 0.15) is 0 Å². The minimum atomic E-state index is -0.215. The van der Waals surface area contributed by atoms with Gasteiger partial charge in [0.2, 0.25) is 0 Å². The van der Waals surface area contributed by atoms with E-state index in [9.17, 15) is 0 Å². The highest BCUT2D eigenvalue weighted by atomic mass is 19.1. The maximum absolute atomic E-state index is 15.4. The Labute approximate surface area is 170 Å². The monoisotopic (exact) mass is 390 g/mol. The number of ether oxygens (including phenoxy) is 1. The number of hydrogen-bond acceptors (Lipinski definition) is 2. The number of pyridine rings is 2. The quantitative estimate of drug-likeness (QED) is 0.231. The molecule has 0 spiro atoms. The van der Waals surface area contributed by atoms with Crippen molar-refractivity contribution in [2.45, 2.75) is 0 Å². The van der Waals surface area contributed by atoms with Crippen LogP contribution < -0.4 is 4.74 Å². The normalized spacial score (nSPS) is 12.3. The highest BCUT2D eigenvalue weighted by Crippen LogP contribution is 2.45. The Bertz CT molecular complexity index is 1800. The van der Waals surface area contributed by atoms with Crippen LogP contribution >= 0.6 is 0 Å². The zero-order chi connectivity index (χ0) is 20.0. The molecule has 4 aromatic carbocycles. The van der Waals surface area contributed by atoms with Gasteiger partial charge in [-0.05, 0) is 35.0 Å². The summed E-state index contributed by atoms with van der Waals surface area (Å²) < 4.78 is 23.5. The standard InChI is InChI=1S/C26H15FN2O/c1-30-26-16-7-3-2-6-14(16)12-18-23-21-15(10-11-28-23)13-19(27)22-17-8-4-5-9-20(17)29(24(18)26)25(21)22/h2-13H,1H3. The fourth-order valence-corrected chi connectivity index (χ4v) is 5.12. The van der Waals surface area contributed by atoms with E-state index in [1.54, 1.807) is 19.4 Å². The molecule has 3 heterocycles. The van der Waals surface area contributed by atoms with Crippen LogP contribution in [-0.4, -0.2) is 16.5 Å². The topological polar surface area (TPSA) is 26.5 Å². The van der Waals surface area contributed by atoms with Crippen LogP contribution in [0, 0.1) is 5.82 Å². The van der Waals surface area contributed by atoms with Crippen molar-refractivity contribution < 1.29 is 9.13 Å². The molecular formula is C26H15FN2O. The summed E-state index contributed by atoms with van der Waals surface area (Å²) in [6.45, 7) is 0. The Morgan fingerprint density at radius 3 is 2.47 bits per heavy atom. The molecule has 0 unspecified atom stereocenters. The molecule has 0 saturated heterocycles. The van der Waals surface area contributed by atoms with Gasteiger partial charge in [-0.1, -0.05) is 42.5 Å². The number of fused-ring (bicyclic) bond motifs is 7. The van der Waals surface area contributed by atoms with E-state index in [2.05, 4.69) is 22.6 Å². The van der Waals surface area contributed by atoms with E-state index in [1.807, 2.05) is 42.5 Å².